The molecule has 0 saturated heterocycles. The summed E-state index contributed by atoms with van der Waals surface area (Å²) in [5.74, 6) is 2.18. The van der Waals surface area contributed by atoms with Gasteiger partial charge in [-0.3, -0.25) is 0 Å². The summed E-state index contributed by atoms with van der Waals surface area (Å²) in [5, 5.41) is 0. The van der Waals surface area contributed by atoms with Crippen molar-refractivity contribution in [2.45, 2.75) is 20.8 Å². The summed E-state index contributed by atoms with van der Waals surface area (Å²) in [5.41, 5.74) is 1.59. The van der Waals surface area contributed by atoms with E-state index in [1.807, 2.05) is 6.08 Å². The second-order valence-corrected chi connectivity index (χ2v) is 3.46. The van der Waals surface area contributed by atoms with E-state index in [0.29, 0.717) is 5.92 Å². The molecule has 0 heterocycles. The maximum absolute atomic E-state index is 3.77. The molecule has 56 valence electrons. The predicted octanol–water partition coefficient (Wildman–Crippen LogP) is 3.02. The molecule has 0 fully saturated rings. The summed E-state index contributed by atoms with van der Waals surface area (Å²) >= 11 is 0. The maximum atomic E-state index is 3.77. The molecule has 0 radical (unpaired) electrons. The van der Waals surface area contributed by atoms with Gasteiger partial charge in [-0.25, -0.2) is 0 Å². The largest absolute Gasteiger partial charge is 0.102 e. The summed E-state index contributed by atoms with van der Waals surface area (Å²) in [6.07, 6.45) is 4.38. The van der Waals surface area contributed by atoms with Crippen LogP contribution in [-0.2, 0) is 0 Å². The number of allylic oxidation sites excluding steroid dienone is 3. The topological polar surface area (TPSA) is 0 Å². The molecule has 1 aliphatic rings. The second-order valence-electron chi connectivity index (χ2n) is 3.46. The highest BCUT2D eigenvalue weighted by atomic mass is 14.3. The molecule has 0 N–H and O–H groups in total. The average Bonchev–Trinajstić information content (AvgIpc) is 2.64. The molecule has 1 rings (SSSR count). The third kappa shape index (κ3) is 1.31. The molecule has 0 amide bonds. The van der Waals surface area contributed by atoms with Crippen LogP contribution in [-0.4, -0.2) is 0 Å². The first-order chi connectivity index (χ1) is 4.66. The lowest BCUT2D eigenvalue weighted by Gasteiger charge is -2.06. The number of hydrogen-bond acceptors (Lipinski definition) is 0. The Labute approximate surface area is 63.6 Å². The Hall–Kier alpha value is -0.520. The van der Waals surface area contributed by atoms with Crippen molar-refractivity contribution in [2.24, 2.45) is 17.8 Å². The van der Waals surface area contributed by atoms with E-state index in [2.05, 4.69) is 33.4 Å². The molecule has 0 bridgehead atoms. The van der Waals surface area contributed by atoms with Crippen LogP contribution in [0.2, 0.25) is 0 Å². The Morgan fingerprint density at radius 3 is 2.40 bits per heavy atom. The Balaban J connectivity index is 2.37. The van der Waals surface area contributed by atoms with Gasteiger partial charge in [0.1, 0.15) is 0 Å². The van der Waals surface area contributed by atoms with Gasteiger partial charge in [-0.15, -0.1) is 6.58 Å². The summed E-state index contributed by atoms with van der Waals surface area (Å²) in [4.78, 5) is 0. The van der Waals surface area contributed by atoms with Crippen molar-refractivity contribution in [1.82, 2.24) is 0 Å². The molecule has 0 spiro atoms. The van der Waals surface area contributed by atoms with Gasteiger partial charge in [0.15, 0.2) is 0 Å². The molecular weight excluding hydrogens is 120 g/mol. The van der Waals surface area contributed by atoms with Crippen LogP contribution < -0.4 is 0 Å². The average molecular weight is 136 g/mol. The highest BCUT2D eigenvalue weighted by molar-refractivity contribution is 5.34. The van der Waals surface area contributed by atoms with Crippen LogP contribution in [0.1, 0.15) is 20.8 Å². The molecule has 2 atom stereocenters. The molecule has 0 aromatic rings. The first kappa shape index (κ1) is 7.59. The third-order valence-corrected chi connectivity index (χ3v) is 2.25. The lowest BCUT2D eigenvalue weighted by Crippen LogP contribution is -1.97. The van der Waals surface area contributed by atoms with E-state index in [4.69, 9.17) is 0 Å². The minimum Gasteiger partial charge on any atom is -0.102 e. The Morgan fingerprint density at radius 2 is 2.10 bits per heavy atom. The van der Waals surface area contributed by atoms with Gasteiger partial charge >= 0.3 is 0 Å². The van der Waals surface area contributed by atoms with Crippen LogP contribution in [0.4, 0.5) is 0 Å². The van der Waals surface area contributed by atoms with Gasteiger partial charge < -0.3 is 0 Å². The second kappa shape index (κ2) is 2.61. The molecular formula is C10H16. The van der Waals surface area contributed by atoms with Gasteiger partial charge in [-0.2, -0.15) is 0 Å². The Kier molecular flexibility index (Phi) is 1.98. The van der Waals surface area contributed by atoms with Gasteiger partial charge in [0, 0.05) is 5.92 Å². The fraction of sp³-hybridized carbons (Fsp3) is 0.600. The molecule has 0 heteroatoms. The van der Waals surface area contributed by atoms with Crippen molar-refractivity contribution in [1.29, 1.82) is 0 Å². The van der Waals surface area contributed by atoms with Gasteiger partial charge in [-0.05, 0) is 11.8 Å². The van der Waals surface area contributed by atoms with Crippen molar-refractivity contribution < 1.29 is 0 Å². The van der Waals surface area contributed by atoms with Crippen LogP contribution >= 0.6 is 0 Å². The van der Waals surface area contributed by atoms with Gasteiger partial charge in [0.25, 0.3) is 0 Å². The van der Waals surface area contributed by atoms with Crippen molar-refractivity contribution in [3.05, 3.63) is 24.3 Å². The first-order valence-corrected chi connectivity index (χ1v) is 4.01. The zero-order valence-corrected chi connectivity index (χ0v) is 7.09. The number of hydrogen-bond donors (Lipinski definition) is 0. The van der Waals surface area contributed by atoms with E-state index in [-0.39, 0.29) is 0 Å². The van der Waals surface area contributed by atoms with Crippen LogP contribution in [0.3, 0.4) is 0 Å². The molecule has 2 unspecified atom stereocenters. The normalized spacial score (nSPS) is 26.0. The first-order valence-electron chi connectivity index (χ1n) is 4.01. The molecule has 0 nitrogen and oxygen atoms in total. The molecule has 1 aliphatic carbocycles. The molecule has 0 aliphatic heterocycles. The zero-order valence-electron chi connectivity index (χ0n) is 7.09. The van der Waals surface area contributed by atoms with Gasteiger partial charge in [0.05, 0.1) is 0 Å². The van der Waals surface area contributed by atoms with Crippen LogP contribution in [0.15, 0.2) is 24.3 Å². The van der Waals surface area contributed by atoms with Crippen molar-refractivity contribution in [3.63, 3.8) is 0 Å². The molecule has 10 heavy (non-hydrogen) atoms. The standard InChI is InChI=1S/C10H16/c1-5-8(4)10-6-9(10)7(2)3/h5-9H,1H2,2-4H3. The predicted molar refractivity (Wildman–Crippen MR) is 45.8 cm³/mol. The van der Waals surface area contributed by atoms with Gasteiger partial charge in [-0.1, -0.05) is 38.5 Å². The van der Waals surface area contributed by atoms with Crippen LogP contribution in [0, 0.1) is 17.8 Å². The van der Waals surface area contributed by atoms with Crippen molar-refractivity contribution >= 4 is 0 Å². The highest BCUT2D eigenvalue weighted by Gasteiger charge is 2.29. The SMILES string of the molecule is C=CC(C)C1=CC1C(C)C. The minimum atomic E-state index is 0.604. The fourth-order valence-corrected chi connectivity index (χ4v) is 1.33. The lowest BCUT2D eigenvalue weighted by molar-refractivity contribution is 0.568. The monoisotopic (exact) mass is 136 g/mol. The summed E-state index contributed by atoms with van der Waals surface area (Å²) in [6.45, 7) is 10.5. The minimum absolute atomic E-state index is 0.604. The van der Waals surface area contributed by atoms with E-state index in [0.717, 1.165) is 11.8 Å². The maximum Gasteiger partial charge on any atom is 0.000887 e. The smallest absolute Gasteiger partial charge is 0.000887 e. The number of rotatable bonds is 3. The molecule has 0 aromatic carbocycles. The third-order valence-electron chi connectivity index (χ3n) is 2.25. The highest BCUT2D eigenvalue weighted by Crippen LogP contribution is 2.40. The Bertz CT molecular complexity index is 163. The van der Waals surface area contributed by atoms with Crippen LogP contribution in [0.5, 0.6) is 0 Å². The van der Waals surface area contributed by atoms with E-state index in [1.165, 1.54) is 0 Å². The molecule has 0 saturated carbocycles. The molecule has 0 aromatic heterocycles. The summed E-state index contributed by atoms with van der Waals surface area (Å²) < 4.78 is 0. The lowest BCUT2D eigenvalue weighted by atomic mass is 9.99. The zero-order chi connectivity index (χ0) is 7.72. The fourth-order valence-electron chi connectivity index (χ4n) is 1.33. The van der Waals surface area contributed by atoms with Crippen molar-refractivity contribution in [2.75, 3.05) is 0 Å². The summed E-state index contributed by atoms with van der Waals surface area (Å²) in [6, 6.07) is 0. The van der Waals surface area contributed by atoms with E-state index >= 15 is 0 Å². The van der Waals surface area contributed by atoms with Crippen molar-refractivity contribution in [3.8, 4) is 0 Å². The van der Waals surface area contributed by atoms with E-state index in [9.17, 15) is 0 Å². The quantitative estimate of drug-likeness (QED) is 0.523. The van der Waals surface area contributed by atoms with E-state index < -0.39 is 0 Å². The van der Waals surface area contributed by atoms with E-state index in [1.54, 1.807) is 5.57 Å². The van der Waals surface area contributed by atoms with Crippen LogP contribution in [0.25, 0.3) is 0 Å². The Morgan fingerprint density at radius 1 is 1.50 bits per heavy atom. The van der Waals surface area contributed by atoms with Gasteiger partial charge in [0.2, 0.25) is 0 Å². The summed E-state index contributed by atoms with van der Waals surface area (Å²) in [7, 11) is 0.